The summed E-state index contributed by atoms with van der Waals surface area (Å²) in [5.41, 5.74) is -0.329. The fraction of sp³-hybridized carbons (Fsp3) is 0.455. The predicted octanol–water partition coefficient (Wildman–Crippen LogP) is 1.52. The van der Waals surface area contributed by atoms with E-state index in [-0.39, 0.29) is 5.56 Å². The molecule has 0 unspecified atom stereocenters. The molecule has 0 atom stereocenters. The Bertz CT molecular complexity index is 386. The summed E-state index contributed by atoms with van der Waals surface area (Å²) in [5.74, 6) is -3.12. The summed E-state index contributed by atoms with van der Waals surface area (Å²) in [7, 11) is 1.59. The van der Waals surface area contributed by atoms with Crippen molar-refractivity contribution in [3.63, 3.8) is 0 Å². The number of methoxy groups -OCH3 is 1. The highest BCUT2D eigenvalue weighted by Crippen LogP contribution is 2.08. The molecule has 1 aromatic heterocycles. The zero-order valence-corrected chi connectivity index (χ0v) is 9.50. The summed E-state index contributed by atoms with van der Waals surface area (Å²) in [6.07, 6.45) is 2.57. The lowest BCUT2D eigenvalue weighted by molar-refractivity contribution is 0.0946. The average Bonchev–Trinajstić information content (AvgIpc) is 2.32. The smallest absolute Gasteiger partial charge is 0.254 e. The molecule has 0 aromatic carbocycles. The highest BCUT2D eigenvalue weighted by molar-refractivity contribution is 5.94. The molecule has 1 amide bonds. The molecule has 0 spiro atoms. The summed E-state index contributed by atoms with van der Waals surface area (Å²) in [5, 5.41) is 2.50. The van der Waals surface area contributed by atoms with E-state index >= 15 is 0 Å². The van der Waals surface area contributed by atoms with Gasteiger partial charge in [0.05, 0.1) is 5.56 Å². The molecule has 0 aliphatic rings. The minimum Gasteiger partial charge on any atom is -0.385 e. The first kappa shape index (κ1) is 13.5. The van der Waals surface area contributed by atoms with E-state index in [4.69, 9.17) is 4.74 Å². The van der Waals surface area contributed by atoms with Gasteiger partial charge in [0.15, 0.2) is 5.82 Å². The van der Waals surface area contributed by atoms with E-state index < -0.39 is 17.7 Å². The fourth-order valence-corrected chi connectivity index (χ4v) is 1.26. The maximum atomic E-state index is 13.2. The number of halogens is 2. The van der Waals surface area contributed by atoms with E-state index in [1.165, 1.54) is 0 Å². The van der Waals surface area contributed by atoms with E-state index in [1.807, 2.05) is 0 Å². The zero-order chi connectivity index (χ0) is 12.7. The number of hydrogen-bond acceptors (Lipinski definition) is 3. The van der Waals surface area contributed by atoms with Gasteiger partial charge in [0.1, 0.15) is 0 Å². The van der Waals surface area contributed by atoms with Crippen LogP contribution in [0.2, 0.25) is 0 Å². The quantitative estimate of drug-likeness (QED) is 0.609. The summed E-state index contributed by atoms with van der Waals surface area (Å²) in [6, 6.07) is 1.14. The largest absolute Gasteiger partial charge is 0.385 e. The fourth-order valence-electron chi connectivity index (χ4n) is 1.26. The molecule has 0 bridgehead atoms. The van der Waals surface area contributed by atoms with Crippen LogP contribution < -0.4 is 5.32 Å². The minimum atomic E-state index is -1.27. The first-order chi connectivity index (χ1) is 8.16. The number of pyridine rings is 1. The molecule has 0 aliphatic carbocycles. The van der Waals surface area contributed by atoms with Crippen molar-refractivity contribution in [1.82, 2.24) is 10.3 Å². The van der Waals surface area contributed by atoms with Gasteiger partial charge in [-0.1, -0.05) is 0 Å². The molecule has 6 heteroatoms. The number of nitrogens with one attached hydrogen (secondary N) is 1. The molecule has 0 saturated heterocycles. The number of ether oxygens (including phenoxy) is 1. The van der Waals surface area contributed by atoms with Crippen LogP contribution in [0.1, 0.15) is 23.2 Å². The van der Waals surface area contributed by atoms with Crippen LogP contribution in [0.5, 0.6) is 0 Å². The van der Waals surface area contributed by atoms with Gasteiger partial charge >= 0.3 is 0 Å². The van der Waals surface area contributed by atoms with E-state index in [1.54, 1.807) is 7.11 Å². The van der Waals surface area contributed by atoms with Crippen molar-refractivity contribution in [2.45, 2.75) is 12.8 Å². The number of hydrogen-bond donors (Lipinski definition) is 1. The SMILES string of the molecule is COCCCCNC(=O)c1ccnc(F)c1F. The van der Waals surface area contributed by atoms with E-state index in [0.29, 0.717) is 13.2 Å². The van der Waals surface area contributed by atoms with E-state index in [2.05, 4.69) is 10.3 Å². The van der Waals surface area contributed by atoms with Gasteiger partial charge in [-0.15, -0.1) is 0 Å². The lowest BCUT2D eigenvalue weighted by atomic mass is 10.2. The van der Waals surface area contributed by atoms with Crippen molar-refractivity contribution in [1.29, 1.82) is 0 Å². The van der Waals surface area contributed by atoms with Crippen LogP contribution in [-0.4, -0.2) is 31.2 Å². The number of carbonyl (C=O) groups is 1. The maximum Gasteiger partial charge on any atom is 0.254 e. The third-order valence-electron chi connectivity index (χ3n) is 2.15. The Labute approximate surface area is 98.0 Å². The molecule has 0 aliphatic heterocycles. The van der Waals surface area contributed by atoms with E-state index in [9.17, 15) is 13.6 Å². The Hall–Kier alpha value is -1.56. The number of rotatable bonds is 6. The van der Waals surface area contributed by atoms with Gasteiger partial charge in [-0.25, -0.2) is 9.37 Å². The number of amides is 1. The molecule has 94 valence electrons. The number of nitrogens with zero attached hydrogens (tertiary/aromatic N) is 1. The van der Waals surface area contributed by atoms with Gasteiger partial charge < -0.3 is 10.1 Å². The second-order valence-electron chi connectivity index (χ2n) is 3.42. The van der Waals surface area contributed by atoms with Gasteiger partial charge in [0.2, 0.25) is 5.95 Å². The van der Waals surface area contributed by atoms with Crippen molar-refractivity contribution in [3.05, 3.63) is 29.6 Å². The van der Waals surface area contributed by atoms with Crippen LogP contribution in [-0.2, 0) is 4.74 Å². The van der Waals surface area contributed by atoms with Crippen molar-refractivity contribution >= 4 is 5.91 Å². The Morgan fingerprint density at radius 3 is 2.94 bits per heavy atom. The number of carbonyl (C=O) groups excluding carboxylic acids is 1. The van der Waals surface area contributed by atoms with Crippen LogP contribution >= 0.6 is 0 Å². The van der Waals surface area contributed by atoms with E-state index in [0.717, 1.165) is 25.1 Å². The van der Waals surface area contributed by atoms with Gasteiger partial charge in [-0.05, 0) is 18.9 Å². The number of aromatic nitrogens is 1. The molecule has 1 aromatic rings. The zero-order valence-electron chi connectivity index (χ0n) is 9.50. The topological polar surface area (TPSA) is 51.2 Å². The molecular formula is C11H14F2N2O2. The first-order valence-corrected chi connectivity index (χ1v) is 5.24. The molecule has 1 N–H and O–H groups in total. The van der Waals surface area contributed by atoms with Crippen molar-refractivity contribution < 1.29 is 18.3 Å². The van der Waals surface area contributed by atoms with Crippen molar-refractivity contribution in [2.24, 2.45) is 0 Å². The predicted molar refractivity (Wildman–Crippen MR) is 57.6 cm³/mol. The molecule has 4 nitrogen and oxygen atoms in total. The molecule has 0 radical (unpaired) electrons. The standard InChI is InChI=1S/C11H14F2N2O2/c1-17-7-3-2-5-15-11(16)8-4-6-14-10(13)9(8)12/h4,6H,2-3,5,7H2,1H3,(H,15,16). The third kappa shape index (κ3) is 4.07. The summed E-state index contributed by atoms with van der Waals surface area (Å²) in [4.78, 5) is 14.6. The molecule has 1 rings (SSSR count). The molecule has 0 fully saturated rings. The van der Waals surface area contributed by atoms with Crippen LogP contribution in [0.15, 0.2) is 12.3 Å². The second-order valence-corrected chi connectivity index (χ2v) is 3.42. The van der Waals surface area contributed by atoms with Gasteiger partial charge in [-0.2, -0.15) is 4.39 Å². The Morgan fingerprint density at radius 2 is 2.24 bits per heavy atom. The van der Waals surface area contributed by atoms with Crippen LogP contribution in [0, 0.1) is 11.8 Å². The Balaban J connectivity index is 2.44. The Morgan fingerprint density at radius 1 is 1.47 bits per heavy atom. The highest BCUT2D eigenvalue weighted by Gasteiger charge is 2.15. The van der Waals surface area contributed by atoms with Gasteiger partial charge in [0.25, 0.3) is 5.91 Å². The third-order valence-corrected chi connectivity index (χ3v) is 2.15. The van der Waals surface area contributed by atoms with Crippen LogP contribution in [0.25, 0.3) is 0 Å². The molecule has 1 heterocycles. The normalized spacial score (nSPS) is 10.3. The summed E-state index contributed by atoms with van der Waals surface area (Å²) >= 11 is 0. The lowest BCUT2D eigenvalue weighted by Crippen LogP contribution is -2.26. The molecular weight excluding hydrogens is 230 g/mol. The second kappa shape index (κ2) is 6.90. The van der Waals surface area contributed by atoms with Crippen LogP contribution in [0.3, 0.4) is 0 Å². The maximum absolute atomic E-state index is 13.2. The molecule has 17 heavy (non-hydrogen) atoms. The van der Waals surface area contributed by atoms with Gasteiger partial charge in [0, 0.05) is 26.5 Å². The summed E-state index contributed by atoms with van der Waals surface area (Å²) < 4.78 is 30.7. The number of unbranched alkanes of at least 4 members (excludes halogenated alkanes) is 1. The van der Waals surface area contributed by atoms with Gasteiger partial charge in [-0.3, -0.25) is 4.79 Å². The lowest BCUT2D eigenvalue weighted by Gasteiger charge is -2.05. The summed E-state index contributed by atoms with van der Waals surface area (Å²) in [6.45, 7) is 1.000. The highest BCUT2D eigenvalue weighted by atomic mass is 19.2. The minimum absolute atomic E-state index is 0.329. The monoisotopic (exact) mass is 244 g/mol. The van der Waals surface area contributed by atoms with Crippen LogP contribution in [0.4, 0.5) is 8.78 Å². The van der Waals surface area contributed by atoms with Crippen molar-refractivity contribution in [3.8, 4) is 0 Å². The van der Waals surface area contributed by atoms with Crippen molar-refractivity contribution in [2.75, 3.05) is 20.3 Å². The molecule has 0 saturated carbocycles. The Kier molecular flexibility index (Phi) is 5.48. The average molecular weight is 244 g/mol. The first-order valence-electron chi connectivity index (χ1n) is 5.24.